The lowest BCUT2D eigenvalue weighted by atomic mass is 10.1. The zero-order valence-electron chi connectivity index (χ0n) is 14.5. The average Bonchev–Trinajstić information content (AvgIpc) is 3.01. The van der Waals surface area contributed by atoms with Crippen LogP contribution in [0.3, 0.4) is 0 Å². The van der Waals surface area contributed by atoms with E-state index in [1.54, 1.807) is 43.3 Å². The van der Waals surface area contributed by atoms with Crippen LogP contribution >= 0.6 is 31.9 Å². The molecule has 0 aliphatic rings. The molecule has 0 unspecified atom stereocenters. The van der Waals surface area contributed by atoms with E-state index in [9.17, 15) is 14.4 Å². The highest BCUT2D eigenvalue weighted by Crippen LogP contribution is 2.28. The van der Waals surface area contributed by atoms with Crippen LogP contribution in [0.1, 0.15) is 26.5 Å². The largest absolute Gasteiger partial charge is 0.450 e. The van der Waals surface area contributed by atoms with Gasteiger partial charge in [-0.1, -0.05) is 31.9 Å². The second-order valence-corrected chi connectivity index (χ2v) is 7.61. The number of esters is 1. The smallest absolute Gasteiger partial charge is 0.375 e. The number of hydrogen-bond acceptors (Lipinski definition) is 5. The summed E-state index contributed by atoms with van der Waals surface area (Å²) >= 11 is 6.63. The lowest BCUT2D eigenvalue weighted by Crippen LogP contribution is -2.43. The molecular weight excluding hydrogens is 496 g/mol. The van der Waals surface area contributed by atoms with Crippen molar-refractivity contribution in [3.63, 3.8) is 0 Å². The first-order valence-electron chi connectivity index (χ1n) is 8.05. The summed E-state index contributed by atoms with van der Waals surface area (Å²) in [5.74, 6) is -1.92. The third-order valence-electron chi connectivity index (χ3n) is 3.84. The Bertz CT molecular complexity index is 1060. The Morgan fingerprint density at radius 2 is 1.68 bits per heavy atom. The number of rotatable bonds is 4. The number of hydrazine groups is 1. The highest BCUT2D eigenvalue weighted by molar-refractivity contribution is 9.10. The molecule has 0 aliphatic carbocycles. The van der Waals surface area contributed by atoms with Gasteiger partial charge < -0.3 is 9.15 Å². The number of amides is 2. The van der Waals surface area contributed by atoms with Gasteiger partial charge in [-0.05, 0) is 49.4 Å². The quantitative estimate of drug-likeness (QED) is 0.411. The van der Waals surface area contributed by atoms with Gasteiger partial charge in [0.25, 0.3) is 11.8 Å². The molecule has 0 saturated heterocycles. The molecule has 28 heavy (non-hydrogen) atoms. The summed E-state index contributed by atoms with van der Waals surface area (Å²) in [5.41, 5.74) is 5.96. The van der Waals surface area contributed by atoms with Crippen molar-refractivity contribution in [2.45, 2.75) is 6.92 Å². The molecule has 144 valence electrons. The molecule has 2 amide bonds. The van der Waals surface area contributed by atoms with Crippen molar-refractivity contribution in [1.82, 2.24) is 10.9 Å². The average molecular weight is 510 g/mol. The molecular formula is C19H14Br2N2O5. The van der Waals surface area contributed by atoms with Gasteiger partial charge in [0.1, 0.15) is 5.58 Å². The van der Waals surface area contributed by atoms with Crippen LogP contribution in [-0.4, -0.2) is 24.4 Å². The van der Waals surface area contributed by atoms with E-state index in [2.05, 4.69) is 42.7 Å². The Morgan fingerprint density at radius 1 is 1.00 bits per heavy atom. The van der Waals surface area contributed by atoms with Crippen LogP contribution in [0, 0.1) is 6.92 Å². The van der Waals surface area contributed by atoms with E-state index in [1.165, 1.54) is 0 Å². The predicted molar refractivity (Wildman–Crippen MR) is 109 cm³/mol. The first kappa shape index (κ1) is 20.1. The van der Waals surface area contributed by atoms with E-state index >= 15 is 0 Å². The second kappa shape index (κ2) is 8.57. The van der Waals surface area contributed by atoms with Crippen molar-refractivity contribution in [2.24, 2.45) is 0 Å². The third kappa shape index (κ3) is 4.60. The number of carbonyl (C=O) groups excluding carboxylic acids is 3. The number of furan rings is 1. The lowest BCUT2D eigenvalue weighted by molar-refractivity contribution is -0.125. The van der Waals surface area contributed by atoms with E-state index < -0.39 is 24.4 Å². The molecule has 1 aromatic heterocycles. The van der Waals surface area contributed by atoms with Crippen LogP contribution in [0.5, 0.6) is 0 Å². The molecule has 0 atom stereocenters. The van der Waals surface area contributed by atoms with Gasteiger partial charge in [-0.3, -0.25) is 20.4 Å². The standard InChI is InChI=1S/C19H14Br2N2O5/c1-10-14-8-13(21)6-7-15(14)28-17(10)19(26)27-9-16(24)22-23-18(25)11-2-4-12(20)5-3-11/h2-8H,9H2,1H3,(H,22,24)(H,23,25). The summed E-state index contributed by atoms with van der Waals surface area (Å²) in [6.45, 7) is 1.16. The Morgan fingerprint density at radius 3 is 2.39 bits per heavy atom. The lowest BCUT2D eigenvalue weighted by Gasteiger charge is -2.08. The van der Waals surface area contributed by atoms with Gasteiger partial charge in [-0.2, -0.15) is 0 Å². The van der Waals surface area contributed by atoms with Gasteiger partial charge in [0.2, 0.25) is 5.76 Å². The number of aryl methyl sites for hydroxylation is 1. The number of carbonyl (C=O) groups is 3. The molecule has 0 saturated carbocycles. The van der Waals surface area contributed by atoms with Crippen LogP contribution in [0.2, 0.25) is 0 Å². The van der Waals surface area contributed by atoms with Gasteiger partial charge in [-0.15, -0.1) is 0 Å². The summed E-state index contributed by atoms with van der Waals surface area (Å²) in [4.78, 5) is 36.0. The summed E-state index contributed by atoms with van der Waals surface area (Å²) in [6.07, 6.45) is 0. The Labute approximate surface area is 176 Å². The normalized spacial score (nSPS) is 10.5. The topological polar surface area (TPSA) is 97.6 Å². The van der Waals surface area contributed by atoms with Crippen LogP contribution < -0.4 is 10.9 Å². The van der Waals surface area contributed by atoms with Crippen LogP contribution in [0.25, 0.3) is 11.0 Å². The molecule has 2 aromatic carbocycles. The molecule has 3 aromatic rings. The van der Waals surface area contributed by atoms with Crippen LogP contribution in [0.15, 0.2) is 55.8 Å². The van der Waals surface area contributed by atoms with Crippen molar-refractivity contribution in [1.29, 1.82) is 0 Å². The number of fused-ring (bicyclic) bond motifs is 1. The van der Waals surface area contributed by atoms with Crippen LogP contribution in [-0.2, 0) is 9.53 Å². The number of halogens is 2. The van der Waals surface area contributed by atoms with Crippen molar-refractivity contribution < 1.29 is 23.5 Å². The molecule has 0 radical (unpaired) electrons. The van der Waals surface area contributed by atoms with E-state index in [0.717, 1.165) is 14.3 Å². The molecule has 7 nitrogen and oxygen atoms in total. The zero-order valence-corrected chi connectivity index (χ0v) is 17.7. The highest BCUT2D eigenvalue weighted by atomic mass is 79.9. The van der Waals surface area contributed by atoms with Crippen molar-refractivity contribution in [2.75, 3.05) is 6.61 Å². The highest BCUT2D eigenvalue weighted by Gasteiger charge is 2.20. The molecule has 1 heterocycles. The third-order valence-corrected chi connectivity index (χ3v) is 4.86. The van der Waals surface area contributed by atoms with E-state index in [1.807, 2.05) is 6.07 Å². The number of ether oxygens (including phenoxy) is 1. The number of hydrogen-bond donors (Lipinski definition) is 2. The maximum Gasteiger partial charge on any atom is 0.375 e. The van der Waals surface area contributed by atoms with E-state index in [4.69, 9.17) is 9.15 Å². The fourth-order valence-electron chi connectivity index (χ4n) is 2.42. The molecule has 2 N–H and O–H groups in total. The van der Waals surface area contributed by atoms with E-state index in [0.29, 0.717) is 16.7 Å². The summed E-state index contributed by atoms with van der Waals surface area (Å²) in [7, 11) is 0. The van der Waals surface area contributed by atoms with E-state index in [-0.39, 0.29) is 5.76 Å². The SMILES string of the molecule is Cc1c(C(=O)OCC(=O)NNC(=O)c2ccc(Br)cc2)oc2ccc(Br)cc12. The van der Waals surface area contributed by atoms with Crippen LogP contribution in [0.4, 0.5) is 0 Å². The summed E-state index contributed by atoms with van der Waals surface area (Å²) < 4.78 is 12.2. The minimum Gasteiger partial charge on any atom is -0.450 e. The number of benzene rings is 2. The number of nitrogens with one attached hydrogen (secondary N) is 2. The fraction of sp³-hybridized carbons (Fsp3) is 0.105. The molecule has 0 fully saturated rings. The molecule has 0 aliphatic heterocycles. The van der Waals surface area contributed by atoms with Crippen molar-refractivity contribution in [3.8, 4) is 0 Å². The minimum atomic E-state index is -0.765. The first-order valence-corrected chi connectivity index (χ1v) is 9.64. The van der Waals surface area contributed by atoms with Gasteiger partial charge in [0.15, 0.2) is 6.61 Å². The first-order chi connectivity index (χ1) is 13.3. The summed E-state index contributed by atoms with van der Waals surface area (Å²) in [5, 5.41) is 0.771. The van der Waals surface area contributed by atoms with Gasteiger partial charge in [0, 0.05) is 25.5 Å². The summed E-state index contributed by atoms with van der Waals surface area (Å²) in [6, 6.07) is 11.9. The molecule has 0 bridgehead atoms. The Hall–Kier alpha value is -2.65. The molecule has 9 heteroatoms. The van der Waals surface area contributed by atoms with Gasteiger partial charge in [-0.25, -0.2) is 4.79 Å². The second-order valence-electron chi connectivity index (χ2n) is 5.78. The fourth-order valence-corrected chi connectivity index (χ4v) is 3.05. The monoisotopic (exact) mass is 508 g/mol. The van der Waals surface area contributed by atoms with Crippen molar-refractivity contribution in [3.05, 3.63) is 68.3 Å². The van der Waals surface area contributed by atoms with Gasteiger partial charge in [0.05, 0.1) is 0 Å². The maximum absolute atomic E-state index is 12.2. The molecule has 3 rings (SSSR count). The Kier molecular flexibility index (Phi) is 6.15. The maximum atomic E-state index is 12.2. The molecule has 0 spiro atoms. The van der Waals surface area contributed by atoms with Crippen molar-refractivity contribution >= 4 is 60.6 Å². The Balaban J connectivity index is 1.54. The zero-order chi connectivity index (χ0) is 20.3. The van der Waals surface area contributed by atoms with Gasteiger partial charge >= 0.3 is 5.97 Å². The predicted octanol–water partition coefficient (Wildman–Crippen LogP) is 3.88. The minimum absolute atomic E-state index is 0.0276.